The number of hydrogen-bond donors (Lipinski definition) is 2. The summed E-state index contributed by atoms with van der Waals surface area (Å²) >= 11 is 0. The molecule has 0 aromatic rings. The van der Waals surface area contributed by atoms with E-state index in [1.807, 2.05) is 0 Å². The molecule has 1 amide bonds. The highest BCUT2D eigenvalue weighted by atomic mass is 35.5. The lowest BCUT2D eigenvalue weighted by Crippen LogP contribution is -2.44. The van der Waals surface area contributed by atoms with E-state index in [0.29, 0.717) is 6.04 Å². The first-order valence-corrected chi connectivity index (χ1v) is 5.40. The molecule has 14 heavy (non-hydrogen) atoms. The minimum Gasteiger partial charge on any atom is -0.352 e. The van der Waals surface area contributed by atoms with Gasteiger partial charge in [-0.05, 0) is 32.2 Å². The first-order valence-electron chi connectivity index (χ1n) is 5.40. The van der Waals surface area contributed by atoms with E-state index in [-0.39, 0.29) is 24.4 Å². The van der Waals surface area contributed by atoms with Crippen LogP contribution in [0.15, 0.2) is 0 Å². The Morgan fingerprint density at radius 2 is 1.86 bits per heavy atom. The molecule has 2 N–H and O–H groups in total. The summed E-state index contributed by atoms with van der Waals surface area (Å²) in [5.41, 5.74) is 0. The second-order valence-corrected chi connectivity index (χ2v) is 4.14. The van der Waals surface area contributed by atoms with Gasteiger partial charge in [0.15, 0.2) is 0 Å². The van der Waals surface area contributed by atoms with Gasteiger partial charge in [-0.15, -0.1) is 12.4 Å². The second kappa shape index (κ2) is 5.56. The first kappa shape index (κ1) is 11.8. The normalized spacial score (nSPS) is 27.3. The van der Waals surface area contributed by atoms with Crippen LogP contribution in [0.3, 0.4) is 0 Å². The zero-order chi connectivity index (χ0) is 9.10. The number of carbonyl (C=O) groups excluding carboxylic acids is 1. The van der Waals surface area contributed by atoms with Gasteiger partial charge in [-0.3, -0.25) is 4.79 Å². The Kier molecular flexibility index (Phi) is 4.69. The molecule has 1 atom stereocenters. The van der Waals surface area contributed by atoms with Crippen LogP contribution in [0, 0.1) is 0 Å². The molecule has 1 unspecified atom stereocenters. The molecule has 1 saturated carbocycles. The fraction of sp³-hybridized carbons (Fsp3) is 0.900. The molecule has 82 valence electrons. The molecular weight excluding hydrogens is 200 g/mol. The Balaban J connectivity index is 0.000000980. The van der Waals surface area contributed by atoms with E-state index < -0.39 is 0 Å². The monoisotopic (exact) mass is 218 g/mol. The van der Waals surface area contributed by atoms with Crippen molar-refractivity contribution in [2.24, 2.45) is 0 Å². The largest absolute Gasteiger partial charge is 0.352 e. The van der Waals surface area contributed by atoms with Crippen LogP contribution in [0.5, 0.6) is 0 Å². The van der Waals surface area contributed by atoms with E-state index >= 15 is 0 Å². The third-order valence-corrected chi connectivity index (χ3v) is 3.08. The zero-order valence-electron chi connectivity index (χ0n) is 8.42. The molecule has 0 aromatic carbocycles. The fourth-order valence-electron chi connectivity index (χ4n) is 2.28. The van der Waals surface area contributed by atoms with Crippen LogP contribution in [0.2, 0.25) is 0 Å². The molecule has 2 fully saturated rings. The minimum absolute atomic E-state index is 0. The first-order chi connectivity index (χ1) is 6.36. The van der Waals surface area contributed by atoms with Crippen molar-refractivity contribution < 1.29 is 4.79 Å². The van der Waals surface area contributed by atoms with E-state index in [1.165, 1.54) is 25.7 Å². The lowest BCUT2D eigenvalue weighted by molar-refractivity contribution is -0.123. The fourth-order valence-corrected chi connectivity index (χ4v) is 2.28. The quantitative estimate of drug-likeness (QED) is 0.732. The molecular formula is C10H19ClN2O. The van der Waals surface area contributed by atoms with E-state index in [0.717, 1.165) is 19.4 Å². The van der Waals surface area contributed by atoms with Gasteiger partial charge < -0.3 is 10.6 Å². The van der Waals surface area contributed by atoms with E-state index in [1.54, 1.807) is 0 Å². The standard InChI is InChI=1S/C10H18N2O.ClH/c13-10(9-6-3-7-11-9)12-8-4-1-2-5-8;/h8-9,11H,1-7H2,(H,12,13);1H. The third kappa shape index (κ3) is 2.85. The SMILES string of the molecule is Cl.O=C(NC1CCCC1)C1CCCN1. The van der Waals surface area contributed by atoms with Gasteiger partial charge in [-0.2, -0.15) is 0 Å². The molecule has 0 aromatic heterocycles. The smallest absolute Gasteiger partial charge is 0.237 e. The number of hydrogen-bond acceptors (Lipinski definition) is 2. The van der Waals surface area contributed by atoms with Gasteiger partial charge in [-0.1, -0.05) is 12.8 Å². The van der Waals surface area contributed by atoms with Crippen LogP contribution in [0.1, 0.15) is 38.5 Å². The van der Waals surface area contributed by atoms with Gasteiger partial charge >= 0.3 is 0 Å². The Hall–Kier alpha value is -0.280. The maximum atomic E-state index is 11.6. The van der Waals surface area contributed by atoms with Crippen LogP contribution in [-0.4, -0.2) is 24.5 Å². The third-order valence-electron chi connectivity index (χ3n) is 3.08. The Morgan fingerprint density at radius 3 is 2.43 bits per heavy atom. The van der Waals surface area contributed by atoms with Crippen LogP contribution < -0.4 is 10.6 Å². The van der Waals surface area contributed by atoms with Crippen molar-refractivity contribution in [2.75, 3.05) is 6.54 Å². The van der Waals surface area contributed by atoms with Gasteiger partial charge in [0.2, 0.25) is 5.91 Å². The van der Waals surface area contributed by atoms with E-state index in [9.17, 15) is 4.79 Å². The predicted molar refractivity (Wildman–Crippen MR) is 58.7 cm³/mol. The number of carbonyl (C=O) groups is 1. The average Bonchev–Trinajstić information content (AvgIpc) is 2.74. The summed E-state index contributed by atoms with van der Waals surface area (Å²) in [7, 11) is 0. The van der Waals surface area contributed by atoms with Gasteiger partial charge in [0.05, 0.1) is 6.04 Å². The molecule has 4 heteroatoms. The van der Waals surface area contributed by atoms with Crippen molar-refractivity contribution in [3.8, 4) is 0 Å². The summed E-state index contributed by atoms with van der Waals surface area (Å²) in [6.07, 6.45) is 7.07. The van der Waals surface area contributed by atoms with Crippen LogP contribution in [-0.2, 0) is 4.79 Å². The van der Waals surface area contributed by atoms with Crippen molar-refractivity contribution in [1.29, 1.82) is 0 Å². The molecule has 0 spiro atoms. The van der Waals surface area contributed by atoms with Gasteiger partial charge in [-0.25, -0.2) is 0 Å². The maximum Gasteiger partial charge on any atom is 0.237 e. The van der Waals surface area contributed by atoms with E-state index in [4.69, 9.17) is 0 Å². The van der Waals surface area contributed by atoms with Crippen molar-refractivity contribution in [3.05, 3.63) is 0 Å². The summed E-state index contributed by atoms with van der Waals surface area (Å²) in [4.78, 5) is 11.6. The van der Waals surface area contributed by atoms with Crippen LogP contribution in [0.4, 0.5) is 0 Å². The van der Waals surface area contributed by atoms with Gasteiger partial charge in [0.25, 0.3) is 0 Å². The highest BCUT2D eigenvalue weighted by Crippen LogP contribution is 2.18. The van der Waals surface area contributed by atoms with Crippen molar-refractivity contribution in [2.45, 2.75) is 50.6 Å². The summed E-state index contributed by atoms with van der Waals surface area (Å²) in [5, 5.41) is 6.34. The number of halogens is 1. The molecule has 1 heterocycles. The van der Waals surface area contributed by atoms with Gasteiger partial charge in [0, 0.05) is 6.04 Å². The van der Waals surface area contributed by atoms with Crippen molar-refractivity contribution in [1.82, 2.24) is 10.6 Å². The molecule has 2 aliphatic rings. The molecule has 0 bridgehead atoms. The molecule has 1 aliphatic carbocycles. The molecule has 0 radical (unpaired) electrons. The summed E-state index contributed by atoms with van der Waals surface area (Å²) in [5.74, 6) is 0.226. The highest BCUT2D eigenvalue weighted by Gasteiger charge is 2.25. The molecule has 1 saturated heterocycles. The van der Waals surface area contributed by atoms with E-state index in [2.05, 4.69) is 10.6 Å². The lowest BCUT2D eigenvalue weighted by Gasteiger charge is -2.15. The predicted octanol–water partition coefficient (Wildman–Crippen LogP) is 1.22. The summed E-state index contributed by atoms with van der Waals surface area (Å²) in [6, 6.07) is 0.565. The lowest BCUT2D eigenvalue weighted by atomic mass is 10.2. The second-order valence-electron chi connectivity index (χ2n) is 4.14. The summed E-state index contributed by atoms with van der Waals surface area (Å²) in [6.45, 7) is 1.00. The Morgan fingerprint density at radius 1 is 1.14 bits per heavy atom. The average molecular weight is 219 g/mol. The summed E-state index contributed by atoms with van der Waals surface area (Å²) < 4.78 is 0. The van der Waals surface area contributed by atoms with Crippen molar-refractivity contribution >= 4 is 18.3 Å². The van der Waals surface area contributed by atoms with Crippen LogP contribution in [0.25, 0.3) is 0 Å². The number of nitrogens with one attached hydrogen (secondary N) is 2. The molecule has 3 nitrogen and oxygen atoms in total. The topological polar surface area (TPSA) is 41.1 Å². The minimum atomic E-state index is 0. The molecule has 1 aliphatic heterocycles. The Labute approximate surface area is 91.4 Å². The maximum absolute atomic E-state index is 11.6. The van der Waals surface area contributed by atoms with Crippen LogP contribution >= 0.6 is 12.4 Å². The number of amides is 1. The zero-order valence-corrected chi connectivity index (χ0v) is 9.24. The van der Waals surface area contributed by atoms with Crippen molar-refractivity contribution in [3.63, 3.8) is 0 Å². The van der Waals surface area contributed by atoms with Gasteiger partial charge in [0.1, 0.15) is 0 Å². The Bertz CT molecular complexity index is 187. The number of rotatable bonds is 2. The molecule has 2 rings (SSSR count). The highest BCUT2D eigenvalue weighted by molar-refractivity contribution is 5.85.